The van der Waals surface area contributed by atoms with Gasteiger partial charge in [-0.2, -0.15) is 17.4 Å². The van der Waals surface area contributed by atoms with Crippen molar-refractivity contribution in [3.63, 3.8) is 0 Å². The van der Waals surface area contributed by atoms with E-state index in [1.165, 1.54) is 12.8 Å². The Bertz CT molecular complexity index is 428. The fourth-order valence-corrected chi connectivity index (χ4v) is 4.60. The van der Waals surface area contributed by atoms with Gasteiger partial charge in [-0.3, -0.25) is 0 Å². The summed E-state index contributed by atoms with van der Waals surface area (Å²) in [4.78, 5) is 0. The van der Waals surface area contributed by atoms with E-state index in [2.05, 4.69) is 17.0 Å². The number of nitrogens with one attached hydrogen (secondary N) is 2. The van der Waals surface area contributed by atoms with Gasteiger partial charge in [0.25, 0.3) is 10.2 Å². The Kier molecular flexibility index (Phi) is 4.36. The molecule has 0 aromatic rings. The van der Waals surface area contributed by atoms with Crippen LogP contribution in [-0.2, 0) is 10.2 Å². The third kappa shape index (κ3) is 3.72. The molecular formula is C14H27N3O2S. The molecule has 0 bridgehead atoms. The summed E-state index contributed by atoms with van der Waals surface area (Å²) in [5, 5.41) is 3.55. The molecule has 5 nitrogen and oxygen atoms in total. The van der Waals surface area contributed by atoms with E-state index in [4.69, 9.17) is 0 Å². The van der Waals surface area contributed by atoms with Gasteiger partial charge < -0.3 is 5.32 Å². The predicted molar refractivity (Wildman–Crippen MR) is 79.6 cm³/mol. The Hall–Kier alpha value is -0.170. The number of nitrogens with zero attached hydrogens (tertiary/aromatic N) is 1. The zero-order valence-corrected chi connectivity index (χ0v) is 13.2. The molecule has 6 heteroatoms. The highest BCUT2D eigenvalue weighted by Gasteiger charge is 2.40. The smallest absolute Gasteiger partial charge is 0.279 e. The fraction of sp³-hybridized carbons (Fsp3) is 1.00. The van der Waals surface area contributed by atoms with Gasteiger partial charge in [-0.1, -0.05) is 13.3 Å². The number of hydrogen-bond acceptors (Lipinski definition) is 3. The van der Waals surface area contributed by atoms with E-state index in [-0.39, 0.29) is 6.04 Å². The van der Waals surface area contributed by atoms with Gasteiger partial charge in [-0.05, 0) is 50.5 Å². The van der Waals surface area contributed by atoms with Crippen LogP contribution in [0.25, 0.3) is 0 Å². The van der Waals surface area contributed by atoms with Crippen LogP contribution in [0.3, 0.4) is 0 Å². The van der Waals surface area contributed by atoms with Crippen molar-refractivity contribution >= 4 is 10.2 Å². The topological polar surface area (TPSA) is 61.4 Å². The minimum atomic E-state index is -3.24. The summed E-state index contributed by atoms with van der Waals surface area (Å²) in [6.07, 6.45) is 6.69. The van der Waals surface area contributed by atoms with Gasteiger partial charge in [0.05, 0.1) is 0 Å². The van der Waals surface area contributed by atoms with Crippen LogP contribution < -0.4 is 10.0 Å². The monoisotopic (exact) mass is 301 g/mol. The Morgan fingerprint density at radius 1 is 1.15 bits per heavy atom. The molecule has 1 heterocycles. The highest BCUT2D eigenvalue weighted by Crippen LogP contribution is 2.34. The van der Waals surface area contributed by atoms with E-state index < -0.39 is 10.2 Å². The lowest BCUT2D eigenvalue weighted by molar-refractivity contribution is 0.264. The maximum absolute atomic E-state index is 12.3. The van der Waals surface area contributed by atoms with E-state index in [1.807, 2.05) is 0 Å². The Morgan fingerprint density at radius 2 is 1.85 bits per heavy atom. The second-order valence-corrected chi connectivity index (χ2v) is 8.36. The van der Waals surface area contributed by atoms with Gasteiger partial charge in [-0.25, -0.2) is 0 Å². The molecule has 3 fully saturated rings. The van der Waals surface area contributed by atoms with Gasteiger partial charge in [-0.15, -0.1) is 0 Å². The van der Waals surface area contributed by atoms with Gasteiger partial charge >= 0.3 is 0 Å². The summed E-state index contributed by atoms with van der Waals surface area (Å²) >= 11 is 0. The first-order chi connectivity index (χ1) is 9.58. The maximum Gasteiger partial charge on any atom is 0.279 e. The molecule has 0 radical (unpaired) electrons. The van der Waals surface area contributed by atoms with E-state index in [1.54, 1.807) is 4.31 Å². The van der Waals surface area contributed by atoms with Crippen LogP contribution in [0.2, 0.25) is 0 Å². The van der Waals surface area contributed by atoms with Crippen molar-refractivity contribution in [2.45, 2.75) is 57.5 Å². The second-order valence-electron chi connectivity index (χ2n) is 6.66. The van der Waals surface area contributed by atoms with Crippen molar-refractivity contribution in [1.82, 2.24) is 14.3 Å². The highest BCUT2D eigenvalue weighted by molar-refractivity contribution is 7.87. The quantitative estimate of drug-likeness (QED) is 0.740. The molecule has 20 heavy (non-hydrogen) atoms. The van der Waals surface area contributed by atoms with Gasteiger partial charge in [0.2, 0.25) is 0 Å². The Balaban J connectivity index is 1.42. The maximum atomic E-state index is 12.3. The molecular weight excluding hydrogens is 274 g/mol. The van der Waals surface area contributed by atoms with E-state index in [9.17, 15) is 8.42 Å². The third-order valence-corrected chi connectivity index (χ3v) is 6.58. The molecule has 1 saturated heterocycles. The van der Waals surface area contributed by atoms with Gasteiger partial charge in [0.15, 0.2) is 0 Å². The van der Waals surface area contributed by atoms with Gasteiger partial charge in [0.1, 0.15) is 0 Å². The zero-order chi connectivity index (χ0) is 14.2. The summed E-state index contributed by atoms with van der Waals surface area (Å²) in [6, 6.07) is 0.943. The summed E-state index contributed by atoms with van der Waals surface area (Å²) in [6.45, 7) is 4.54. The summed E-state index contributed by atoms with van der Waals surface area (Å²) in [5.41, 5.74) is 0. The van der Waals surface area contributed by atoms with Crippen LogP contribution in [-0.4, -0.2) is 44.4 Å². The lowest BCUT2D eigenvalue weighted by Crippen LogP contribution is -2.47. The average Bonchev–Trinajstić information content (AvgIpc) is 3.32. The molecule has 2 saturated carbocycles. The molecule has 0 aromatic heterocycles. The SMILES string of the molecule is CCC1CC1NS(=O)(=O)N1CCC(CNC2CC2)CC1. The van der Waals surface area contributed by atoms with Crippen molar-refractivity contribution in [1.29, 1.82) is 0 Å². The molecule has 0 spiro atoms. The minimum absolute atomic E-state index is 0.194. The summed E-state index contributed by atoms with van der Waals surface area (Å²) < 4.78 is 29.1. The van der Waals surface area contributed by atoms with E-state index >= 15 is 0 Å². The van der Waals surface area contributed by atoms with Crippen LogP contribution in [0, 0.1) is 11.8 Å². The number of hydrogen-bond donors (Lipinski definition) is 2. The van der Waals surface area contributed by atoms with Crippen molar-refractivity contribution in [2.24, 2.45) is 11.8 Å². The number of rotatable bonds is 7. The first-order valence-electron chi connectivity index (χ1n) is 8.09. The second kappa shape index (κ2) is 5.91. The molecule has 1 aliphatic heterocycles. The molecule has 2 N–H and O–H groups in total. The molecule has 2 atom stereocenters. The zero-order valence-electron chi connectivity index (χ0n) is 12.3. The van der Waals surface area contributed by atoms with Crippen molar-refractivity contribution in [3.05, 3.63) is 0 Å². The lowest BCUT2D eigenvalue weighted by Gasteiger charge is -2.31. The van der Waals surface area contributed by atoms with Crippen molar-refractivity contribution in [3.8, 4) is 0 Å². The molecule has 0 amide bonds. The van der Waals surface area contributed by atoms with Crippen molar-refractivity contribution < 1.29 is 8.42 Å². The first kappa shape index (κ1) is 14.8. The van der Waals surface area contributed by atoms with Gasteiger partial charge in [0, 0.05) is 25.2 Å². The standard InChI is InChI=1S/C14H27N3O2S/c1-2-12-9-14(12)16-20(18,19)17-7-5-11(6-8-17)10-15-13-3-4-13/h11-16H,2-10H2,1H3. The first-order valence-corrected chi connectivity index (χ1v) is 9.53. The molecule has 3 rings (SSSR count). The van der Waals surface area contributed by atoms with Crippen molar-refractivity contribution in [2.75, 3.05) is 19.6 Å². The van der Waals surface area contributed by atoms with Crippen LogP contribution >= 0.6 is 0 Å². The van der Waals surface area contributed by atoms with Crippen LogP contribution in [0.4, 0.5) is 0 Å². The van der Waals surface area contributed by atoms with E-state index in [0.717, 1.165) is 38.3 Å². The largest absolute Gasteiger partial charge is 0.314 e. The average molecular weight is 301 g/mol. The van der Waals surface area contributed by atoms with Crippen LogP contribution in [0.5, 0.6) is 0 Å². The fourth-order valence-electron chi connectivity index (χ4n) is 3.08. The van der Waals surface area contributed by atoms with Crippen LogP contribution in [0.15, 0.2) is 0 Å². The number of piperidine rings is 1. The van der Waals surface area contributed by atoms with Crippen LogP contribution in [0.1, 0.15) is 45.4 Å². The summed E-state index contributed by atoms with van der Waals surface area (Å²) in [7, 11) is -3.24. The predicted octanol–water partition coefficient (Wildman–Crippen LogP) is 1.08. The van der Waals surface area contributed by atoms with E-state index in [0.29, 0.717) is 24.9 Å². The molecule has 2 aliphatic carbocycles. The lowest BCUT2D eigenvalue weighted by atomic mass is 9.98. The highest BCUT2D eigenvalue weighted by atomic mass is 32.2. The molecule has 3 aliphatic rings. The minimum Gasteiger partial charge on any atom is -0.314 e. The Labute approximate surface area is 122 Å². The molecule has 2 unspecified atom stereocenters. The normalized spacial score (nSPS) is 32.5. The molecule has 116 valence electrons. The Morgan fingerprint density at radius 3 is 2.40 bits per heavy atom. The third-order valence-electron chi connectivity index (χ3n) is 4.93. The summed E-state index contributed by atoms with van der Waals surface area (Å²) in [5.74, 6) is 1.21. The molecule has 0 aromatic carbocycles.